The Morgan fingerprint density at radius 3 is 2.89 bits per heavy atom. The van der Waals surface area contributed by atoms with E-state index in [2.05, 4.69) is 38.1 Å². The highest BCUT2D eigenvalue weighted by atomic mass is 16.6. The first-order valence-electron chi connectivity index (χ1n) is 6.81. The van der Waals surface area contributed by atoms with Crippen LogP contribution in [0.2, 0.25) is 0 Å². The predicted molar refractivity (Wildman–Crippen MR) is 72.2 cm³/mol. The summed E-state index contributed by atoms with van der Waals surface area (Å²) in [5, 5.41) is 10.4. The van der Waals surface area contributed by atoms with Crippen molar-refractivity contribution in [1.82, 2.24) is 0 Å². The maximum absolute atomic E-state index is 10.4. The van der Waals surface area contributed by atoms with E-state index in [4.69, 9.17) is 4.74 Å². The largest absolute Gasteiger partial charge is 0.390 e. The summed E-state index contributed by atoms with van der Waals surface area (Å²) in [5.41, 5.74) is 1.57. The average molecular weight is 244 g/mol. The zero-order chi connectivity index (χ0) is 12.8. The van der Waals surface area contributed by atoms with Gasteiger partial charge in [-0.1, -0.05) is 50.1 Å². The predicted octanol–water partition coefficient (Wildman–Crippen LogP) is 3.25. The van der Waals surface area contributed by atoms with Gasteiger partial charge in [-0.2, -0.15) is 0 Å². The van der Waals surface area contributed by atoms with Crippen LogP contribution in [-0.4, -0.2) is 16.8 Å². The van der Waals surface area contributed by atoms with Gasteiger partial charge < -0.3 is 9.84 Å². The summed E-state index contributed by atoms with van der Waals surface area (Å²) in [7, 11) is 0. The lowest BCUT2D eigenvalue weighted by Gasteiger charge is -2.24. The third kappa shape index (κ3) is 1.42. The summed E-state index contributed by atoms with van der Waals surface area (Å²) in [5.74, 6) is 0. The van der Waals surface area contributed by atoms with Crippen molar-refractivity contribution < 1.29 is 9.84 Å². The molecule has 0 saturated carbocycles. The monoisotopic (exact) mass is 244 g/mol. The van der Waals surface area contributed by atoms with Gasteiger partial charge in [-0.15, -0.1) is 0 Å². The summed E-state index contributed by atoms with van der Waals surface area (Å²) in [6, 6.07) is 8.28. The van der Waals surface area contributed by atoms with Crippen molar-refractivity contribution in [2.45, 2.75) is 50.4 Å². The average Bonchev–Trinajstić information content (AvgIpc) is 3.04. The lowest BCUT2D eigenvalue weighted by atomic mass is 9.77. The molecule has 1 aliphatic carbocycles. The van der Waals surface area contributed by atoms with Crippen LogP contribution >= 0.6 is 0 Å². The minimum absolute atomic E-state index is 0.342. The molecule has 1 saturated heterocycles. The van der Waals surface area contributed by atoms with Gasteiger partial charge in [0.2, 0.25) is 0 Å². The Morgan fingerprint density at radius 2 is 2.11 bits per heavy atom. The molecule has 2 nitrogen and oxygen atoms in total. The summed E-state index contributed by atoms with van der Waals surface area (Å²) in [4.78, 5) is 0. The molecule has 1 aromatic carbocycles. The molecule has 0 aromatic heterocycles. The first-order chi connectivity index (χ1) is 8.64. The molecule has 0 bridgehead atoms. The molecule has 0 unspecified atom stereocenters. The molecule has 1 N–H and O–H groups in total. The molecule has 3 atom stereocenters. The standard InChI is InChI=1S/C16H20O2/c1-3-4-9-14(17)16-11-10-12-7-5-6-8-13(12)15(16,2)18-16/h5-8,10-11,14,17H,3-4,9H2,1-2H3/t14-,15-,16-/m1/s1. The molecule has 1 aromatic rings. The highest BCUT2D eigenvalue weighted by molar-refractivity contribution is 5.65. The number of unbranched alkanes of at least 4 members (excludes halogenated alkanes) is 1. The van der Waals surface area contributed by atoms with Crippen LogP contribution in [0.25, 0.3) is 6.08 Å². The van der Waals surface area contributed by atoms with E-state index in [1.54, 1.807) is 0 Å². The van der Waals surface area contributed by atoms with Crippen molar-refractivity contribution in [3.05, 3.63) is 41.5 Å². The minimum atomic E-state index is -0.490. The van der Waals surface area contributed by atoms with E-state index in [9.17, 15) is 5.11 Å². The Morgan fingerprint density at radius 1 is 1.33 bits per heavy atom. The highest BCUT2D eigenvalue weighted by Crippen LogP contribution is 2.62. The van der Waals surface area contributed by atoms with Crippen LogP contribution in [0.5, 0.6) is 0 Å². The van der Waals surface area contributed by atoms with Crippen molar-refractivity contribution in [2.75, 3.05) is 0 Å². The molecular formula is C16H20O2. The number of hydrogen-bond acceptors (Lipinski definition) is 2. The van der Waals surface area contributed by atoms with Crippen LogP contribution in [0.15, 0.2) is 30.3 Å². The molecule has 3 rings (SSSR count). The molecule has 2 heteroatoms. The molecule has 0 spiro atoms. The third-order valence-electron chi connectivity index (χ3n) is 4.39. The van der Waals surface area contributed by atoms with Crippen LogP contribution in [0.1, 0.15) is 44.2 Å². The fourth-order valence-corrected chi connectivity index (χ4v) is 3.17. The summed E-state index contributed by atoms with van der Waals surface area (Å²) in [6.45, 7) is 4.23. The van der Waals surface area contributed by atoms with Crippen molar-refractivity contribution in [1.29, 1.82) is 0 Å². The second-order valence-electron chi connectivity index (χ2n) is 5.51. The van der Waals surface area contributed by atoms with Crippen molar-refractivity contribution >= 4 is 6.08 Å². The second kappa shape index (κ2) is 3.94. The number of epoxide rings is 1. The van der Waals surface area contributed by atoms with E-state index < -0.39 is 11.7 Å². The smallest absolute Gasteiger partial charge is 0.146 e. The van der Waals surface area contributed by atoms with Gasteiger partial charge in [0.15, 0.2) is 0 Å². The topological polar surface area (TPSA) is 32.8 Å². The van der Waals surface area contributed by atoms with E-state index in [0.29, 0.717) is 0 Å². The minimum Gasteiger partial charge on any atom is -0.390 e. The molecule has 1 fully saturated rings. The maximum atomic E-state index is 10.4. The van der Waals surface area contributed by atoms with E-state index in [0.717, 1.165) is 19.3 Å². The Kier molecular flexibility index (Phi) is 2.61. The fourth-order valence-electron chi connectivity index (χ4n) is 3.17. The van der Waals surface area contributed by atoms with E-state index in [1.165, 1.54) is 11.1 Å². The van der Waals surface area contributed by atoms with E-state index in [1.807, 2.05) is 12.1 Å². The van der Waals surface area contributed by atoms with Crippen LogP contribution < -0.4 is 0 Å². The lowest BCUT2D eigenvalue weighted by Crippen LogP contribution is -2.35. The van der Waals surface area contributed by atoms with Gasteiger partial charge in [-0.3, -0.25) is 0 Å². The number of aliphatic hydroxyl groups is 1. The number of rotatable bonds is 4. The fraction of sp³-hybridized carbons (Fsp3) is 0.500. The molecule has 0 amide bonds. The van der Waals surface area contributed by atoms with Gasteiger partial charge in [0.1, 0.15) is 11.2 Å². The lowest BCUT2D eigenvalue weighted by molar-refractivity contribution is 0.0904. The molecule has 18 heavy (non-hydrogen) atoms. The molecular weight excluding hydrogens is 224 g/mol. The zero-order valence-corrected chi connectivity index (χ0v) is 11.0. The van der Waals surface area contributed by atoms with Crippen LogP contribution in [0.4, 0.5) is 0 Å². The maximum Gasteiger partial charge on any atom is 0.146 e. The SMILES string of the molecule is CCCC[C@@H](O)[C@]12C=Cc3ccccc3[C@@]1(C)O2. The zero-order valence-electron chi connectivity index (χ0n) is 11.0. The number of benzene rings is 1. The molecule has 1 heterocycles. The van der Waals surface area contributed by atoms with Gasteiger partial charge in [-0.25, -0.2) is 0 Å². The Hall–Kier alpha value is -1.12. The van der Waals surface area contributed by atoms with Crippen molar-refractivity contribution in [2.24, 2.45) is 0 Å². The quantitative estimate of drug-likeness (QED) is 0.825. The number of hydrogen-bond donors (Lipinski definition) is 1. The highest BCUT2D eigenvalue weighted by Gasteiger charge is 2.71. The van der Waals surface area contributed by atoms with E-state index >= 15 is 0 Å². The molecule has 1 aliphatic heterocycles. The third-order valence-corrected chi connectivity index (χ3v) is 4.39. The van der Waals surface area contributed by atoms with Gasteiger partial charge in [0, 0.05) is 0 Å². The molecule has 96 valence electrons. The van der Waals surface area contributed by atoms with Crippen LogP contribution in [0.3, 0.4) is 0 Å². The Labute approximate surface area is 108 Å². The van der Waals surface area contributed by atoms with E-state index in [-0.39, 0.29) is 5.60 Å². The van der Waals surface area contributed by atoms with Gasteiger partial charge >= 0.3 is 0 Å². The summed E-state index contributed by atoms with van der Waals surface area (Å²) < 4.78 is 6.00. The first-order valence-corrected chi connectivity index (χ1v) is 6.81. The second-order valence-corrected chi connectivity index (χ2v) is 5.51. The normalized spacial score (nSPS) is 33.7. The summed E-state index contributed by atoms with van der Waals surface area (Å²) >= 11 is 0. The van der Waals surface area contributed by atoms with Gasteiger partial charge in [-0.05, 0) is 30.5 Å². The summed E-state index contributed by atoms with van der Waals surface area (Å²) in [6.07, 6.45) is 6.67. The first kappa shape index (κ1) is 11.9. The van der Waals surface area contributed by atoms with Gasteiger partial charge in [0.05, 0.1) is 6.10 Å². The van der Waals surface area contributed by atoms with Crippen molar-refractivity contribution in [3.63, 3.8) is 0 Å². The number of fused-ring (bicyclic) bond motifs is 3. The number of aliphatic hydroxyl groups excluding tert-OH is 1. The Bertz CT molecular complexity index is 494. The Balaban J connectivity index is 1.92. The van der Waals surface area contributed by atoms with Crippen LogP contribution in [-0.2, 0) is 10.3 Å². The number of ether oxygens (including phenoxy) is 1. The van der Waals surface area contributed by atoms with Gasteiger partial charge in [0.25, 0.3) is 0 Å². The molecule has 0 radical (unpaired) electrons. The molecule has 2 aliphatic rings. The van der Waals surface area contributed by atoms with Crippen LogP contribution in [0, 0.1) is 0 Å². The van der Waals surface area contributed by atoms with Crippen molar-refractivity contribution in [3.8, 4) is 0 Å².